The van der Waals surface area contributed by atoms with E-state index in [1.165, 1.54) is 6.42 Å². The summed E-state index contributed by atoms with van der Waals surface area (Å²) in [7, 11) is 0. The molecule has 0 aliphatic carbocycles. The van der Waals surface area contributed by atoms with Crippen LogP contribution in [-0.2, 0) is 19.1 Å². The van der Waals surface area contributed by atoms with Crippen LogP contribution in [0, 0.1) is 18.3 Å². The van der Waals surface area contributed by atoms with Crippen LogP contribution in [-0.4, -0.2) is 36.4 Å². The Labute approximate surface area is 119 Å². The third-order valence-electron chi connectivity index (χ3n) is 3.84. The van der Waals surface area contributed by atoms with Gasteiger partial charge in [-0.2, -0.15) is 0 Å². The van der Waals surface area contributed by atoms with E-state index in [0.29, 0.717) is 12.8 Å². The Morgan fingerprint density at radius 3 is 2.70 bits per heavy atom. The maximum Gasteiger partial charge on any atom is 0.224 e. The molecule has 113 valence electrons. The fraction of sp³-hybridized carbons (Fsp3) is 0.714. The second-order valence-electron chi connectivity index (χ2n) is 5.32. The summed E-state index contributed by atoms with van der Waals surface area (Å²) in [6, 6.07) is -0.562. The van der Waals surface area contributed by atoms with Crippen LogP contribution in [0.5, 0.6) is 0 Å². The molecule has 0 aromatic carbocycles. The van der Waals surface area contributed by atoms with E-state index in [0.717, 1.165) is 0 Å². The van der Waals surface area contributed by atoms with Crippen molar-refractivity contribution in [3.8, 4) is 0 Å². The summed E-state index contributed by atoms with van der Waals surface area (Å²) in [5, 5.41) is 2.67. The number of ether oxygens (including phenoxy) is 1. The number of nitrogens with two attached hydrogens (primary N) is 1. The van der Waals surface area contributed by atoms with Crippen molar-refractivity contribution in [2.75, 3.05) is 6.61 Å². The van der Waals surface area contributed by atoms with Crippen LogP contribution in [0.15, 0.2) is 0 Å². The Kier molecular flexibility index (Phi) is 6.13. The minimum absolute atomic E-state index is 0.0178. The summed E-state index contributed by atoms with van der Waals surface area (Å²) >= 11 is 0. The van der Waals surface area contributed by atoms with E-state index >= 15 is 0 Å². The molecule has 2 amide bonds. The van der Waals surface area contributed by atoms with Crippen molar-refractivity contribution in [2.45, 2.75) is 45.8 Å². The summed E-state index contributed by atoms with van der Waals surface area (Å²) in [6.45, 7) is 5.55. The smallest absolute Gasteiger partial charge is 0.224 e. The first-order valence-corrected chi connectivity index (χ1v) is 6.94. The third kappa shape index (κ3) is 4.30. The molecular formula is C14H23N2O4. The number of carbonyl (C=O) groups excluding carboxylic acids is 3. The monoisotopic (exact) mass is 283 g/mol. The fourth-order valence-corrected chi connectivity index (χ4v) is 2.10. The molecule has 1 aliphatic heterocycles. The van der Waals surface area contributed by atoms with Gasteiger partial charge in [0.15, 0.2) is 5.78 Å². The third-order valence-corrected chi connectivity index (χ3v) is 3.84. The number of Topliss-reactive ketones (excluding diaryl/α,β-unsaturated/α-hetero) is 1. The molecule has 0 aromatic heterocycles. The zero-order valence-corrected chi connectivity index (χ0v) is 12.2. The number of hydrogen-bond donors (Lipinski definition) is 2. The van der Waals surface area contributed by atoms with Gasteiger partial charge >= 0.3 is 0 Å². The van der Waals surface area contributed by atoms with Gasteiger partial charge in [0.25, 0.3) is 0 Å². The first kappa shape index (κ1) is 16.6. The second-order valence-corrected chi connectivity index (χ2v) is 5.32. The molecule has 1 rings (SSSR count). The topological polar surface area (TPSA) is 98.5 Å². The quantitative estimate of drug-likeness (QED) is 0.697. The van der Waals surface area contributed by atoms with Crippen molar-refractivity contribution in [1.29, 1.82) is 0 Å². The number of rotatable bonds is 7. The summed E-state index contributed by atoms with van der Waals surface area (Å²) in [5.74, 6) is -1.10. The van der Waals surface area contributed by atoms with E-state index in [9.17, 15) is 14.4 Å². The van der Waals surface area contributed by atoms with Crippen molar-refractivity contribution in [3.63, 3.8) is 0 Å². The van der Waals surface area contributed by atoms with Crippen LogP contribution in [0.1, 0.15) is 33.6 Å². The van der Waals surface area contributed by atoms with Crippen LogP contribution in [0.2, 0.25) is 0 Å². The lowest BCUT2D eigenvalue weighted by molar-refractivity contribution is -0.125. The van der Waals surface area contributed by atoms with Crippen LogP contribution in [0.4, 0.5) is 0 Å². The number of nitrogens with one attached hydrogen (secondary N) is 1. The zero-order valence-electron chi connectivity index (χ0n) is 12.2. The predicted octanol–water partition coefficient (Wildman–Crippen LogP) is 0.201. The Balaban J connectivity index is 2.40. The molecule has 1 saturated heterocycles. The van der Waals surface area contributed by atoms with Crippen molar-refractivity contribution in [3.05, 3.63) is 6.42 Å². The molecule has 3 N–H and O–H groups in total. The number of hydrogen-bond acceptors (Lipinski definition) is 4. The lowest BCUT2D eigenvalue weighted by Crippen LogP contribution is -2.44. The van der Waals surface area contributed by atoms with Gasteiger partial charge in [-0.1, -0.05) is 20.8 Å². The van der Waals surface area contributed by atoms with Gasteiger partial charge in [-0.3, -0.25) is 14.4 Å². The molecule has 4 unspecified atom stereocenters. The molecule has 0 saturated carbocycles. The van der Waals surface area contributed by atoms with Gasteiger partial charge in [0.1, 0.15) is 12.6 Å². The summed E-state index contributed by atoms with van der Waals surface area (Å²) in [6.07, 6.45) is 2.32. The van der Waals surface area contributed by atoms with E-state index in [4.69, 9.17) is 10.5 Å². The molecule has 1 heterocycles. The maximum atomic E-state index is 11.8. The SMILES string of the molecule is CCC1OCC(=O)C1NC(=O)[CH]CC(C)C(C)C(N)=O. The first-order valence-electron chi connectivity index (χ1n) is 6.94. The molecule has 20 heavy (non-hydrogen) atoms. The molecule has 1 radical (unpaired) electrons. The average molecular weight is 283 g/mol. The molecule has 0 bridgehead atoms. The highest BCUT2D eigenvalue weighted by Crippen LogP contribution is 2.17. The van der Waals surface area contributed by atoms with E-state index in [-0.39, 0.29) is 42.1 Å². The number of ketones is 1. The minimum atomic E-state index is -0.562. The molecule has 6 heteroatoms. The number of carbonyl (C=O) groups is 3. The van der Waals surface area contributed by atoms with Gasteiger partial charge in [0.2, 0.25) is 11.8 Å². The molecular weight excluding hydrogens is 260 g/mol. The average Bonchev–Trinajstić information content (AvgIpc) is 2.75. The van der Waals surface area contributed by atoms with E-state index in [1.54, 1.807) is 6.92 Å². The van der Waals surface area contributed by atoms with Crippen molar-refractivity contribution < 1.29 is 19.1 Å². The lowest BCUT2D eigenvalue weighted by Gasteiger charge is -2.19. The molecule has 6 nitrogen and oxygen atoms in total. The molecule has 1 aliphatic rings. The van der Waals surface area contributed by atoms with E-state index in [2.05, 4.69) is 5.32 Å². The second kappa shape index (κ2) is 7.38. The normalized spacial score (nSPS) is 25.2. The van der Waals surface area contributed by atoms with Crippen LogP contribution >= 0.6 is 0 Å². The van der Waals surface area contributed by atoms with Crippen LogP contribution in [0.25, 0.3) is 0 Å². The molecule has 0 spiro atoms. The van der Waals surface area contributed by atoms with Gasteiger partial charge in [-0.15, -0.1) is 0 Å². The fourth-order valence-electron chi connectivity index (χ4n) is 2.10. The zero-order chi connectivity index (χ0) is 15.3. The van der Waals surface area contributed by atoms with E-state index < -0.39 is 6.04 Å². The highest BCUT2D eigenvalue weighted by atomic mass is 16.5. The summed E-state index contributed by atoms with van der Waals surface area (Å²) in [5.41, 5.74) is 5.22. The standard InChI is InChI=1S/C14H23N2O4/c1-4-11-13(10(17)7-20-11)16-12(18)6-5-8(2)9(3)14(15)19/h6,8-9,11,13H,4-5,7H2,1-3H3,(H2,15,19)(H,16,18). The Morgan fingerprint density at radius 1 is 1.50 bits per heavy atom. The van der Waals surface area contributed by atoms with Crippen molar-refractivity contribution in [2.24, 2.45) is 17.6 Å². The lowest BCUT2D eigenvalue weighted by atomic mass is 9.91. The minimum Gasteiger partial charge on any atom is -0.369 e. The Bertz CT molecular complexity index is 383. The van der Waals surface area contributed by atoms with Gasteiger partial charge in [-0.25, -0.2) is 0 Å². The summed E-state index contributed by atoms with van der Waals surface area (Å²) in [4.78, 5) is 34.4. The number of amides is 2. The van der Waals surface area contributed by atoms with Gasteiger partial charge in [0, 0.05) is 12.3 Å². The highest BCUT2D eigenvalue weighted by Gasteiger charge is 2.35. The maximum absolute atomic E-state index is 11.8. The molecule has 1 fully saturated rings. The Morgan fingerprint density at radius 2 is 2.15 bits per heavy atom. The predicted molar refractivity (Wildman–Crippen MR) is 73.4 cm³/mol. The highest BCUT2D eigenvalue weighted by molar-refractivity contribution is 5.94. The Hall–Kier alpha value is -1.43. The van der Waals surface area contributed by atoms with Gasteiger partial charge in [0.05, 0.1) is 6.10 Å². The van der Waals surface area contributed by atoms with Crippen molar-refractivity contribution >= 4 is 17.6 Å². The molecule has 0 aromatic rings. The van der Waals surface area contributed by atoms with Crippen LogP contribution in [0.3, 0.4) is 0 Å². The van der Waals surface area contributed by atoms with E-state index in [1.807, 2.05) is 13.8 Å². The van der Waals surface area contributed by atoms with Crippen LogP contribution < -0.4 is 11.1 Å². The first-order chi connectivity index (χ1) is 9.36. The van der Waals surface area contributed by atoms with Crippen molar-refractivity contribution in [1.82, 2.24) is 5.32 Å². The van der Waals surface area contributed by atoms with Gasteiger partial charge in [-0.05, 0) is 18.8 Å². The number of primary amides is 1. The van der Waals surface area contributed by atoms with Gasteiger partial charge < -0.3 is 15.8 Å². The molecule has 4 atom stereocenters. The summed E-state index contributed by atoms with van der Waals surface area (Å²) < 4.78 is 5.28. The largest absolute Gasteiger partial charge is 0.369 e.